The zero-order valence-corrected chi connectivity index (χ0v) is 10.1. The number of likely N-dealkylation sites (tertiary alicyclic amines) is 1. The number of carboxylic acids is 1. The van der Waals surface area contributed by atoms with Crippen molar-refractivity contribution in [1.29, 1.82) is 0 Å². The number of hydrogen-bond donors (Lipinski definition) is 1. The van der Waals surface area contributed by atoms with E-state index < -0.39 is 5.97 Å². The third-order valence-electron chi connectivity index (χ3n) is 3.50. The summed E-state index contributed by atoms with van der Waals surface area (Å²) in [6, 6.07) is -0.289. The van der Waals surface area contributed by atoms with Gasteiger partial charge >= 0.3 is 5.97 Å². The quantitative estimate of drug-likeness (QED) is 0.778. The summed E-state index contributed by atoms with van der Waals surface area (Å²) in [5.74, 6) is 0.337. The molecule has 1 rings (SSSR count). The van der Waals surface area contributed by atoms with Crippen LogP contribution in [-0.4, -0.2) is 35.1 Å². The number of piperidine rings is 1. The Morgan fingerprint density at radius 1 is 1.40 bits per heavy atom. The third-order valence-corrected chi connectivity index (χ3v) is 3.50. The highest BCUT2D eigenvalue weighted by Gasteiger charge is 2.31. The monoisotopic (exact) mass is 213 g/mol. The number of rotatable bonds is 4. The lowest BCUT2D eigenvalue weighted by Crippen LogP contribution is -2.48. The lowest BCUT2D eigenvalue weighted by Gasteiger charge is -2.37. The summed E-state index contributed by atoms with van der Waals surface area (Å²) >= 11 is 0. The molecule has 0 aromatic carbocycles. The van der Waals surface area contributed by atoms with Crippen LogP contribution in [-0.2, 0) is 4.79 Å². The van der Waals surface area contributed by atoms with E-state index in [4.69, 9.17) is 0 Å². The highest BCUT2D eigenvalue weighted by atomic mass is 16.4. The van der Waals surface area contributed by atoms with Crippen molar-refractivity contribution < 1.29 is 9.90 Å². The molecule has 0 aromatic heterocycles. The van der Waals surface area contributed by atoms with Crippen LogP contribution in [0.1, 0.15) is 40.0 Å². The second-order valence-electron chi connectivity index (χ2n) is 4.91. The summed E-state index contributed by atoms with van der Waals surface area (Å²) in [4.78, 5) is 13.3. The van der Waals surface area contributed by atoms with Crippen molar-refractivity contribution in [2.75, 3.05) is 13.1 Å². The lowest BCUT2D eigenvalue weighted by molar-refractivity contribution is -0.145. The van der Waals surface area contributed by atoms with Gasteiger partial charge in [-0.1, -0.05) is 27.2 Å². The molecule has 3 nitrogen and oxygen atoms in total. The van der Waals surface area contributed by atoms with Gasteiger partial charge in [-0.25, -0.2) is 0 Å². The Labute approximate surface area is 92.5 Å². The first-order chi connectivity index (χ1) is 7.06. The van der Waals surface area contributed by atoms with E-state index >= 15 is 0 Å². The summed E-state index contributed by atoms with van der Waals surface area (Å²) in [5.41, 5.74) is 0. The van der Waals surface area contributed by atoms with Crippen LogP contribution in [0.2, 0.25) is 0 Å². The summed E-state index contributed by atoms with van der Waals surface area (Å²) in [6.45, 7) is 8.11. The molecule has 0 bridgehead atoms. The van der Waals surface area contributed by atoms with E-state index in [-0.39, 0.29) is 12.0 Å². The van der Waals surface area contributed by atoms with E-state index in [1.807, 2.05) is 13.8 Å². The molecule has 1 heterocycles. The topological polar surface area (TPSA) is 40.5 Å². The van der Waals surface area contributed by atoms with Crippen LogP contribution in [0.4, 0.5) is 0 Å². The van der Waals surface area contributed by atoms with Gasteiger partial charge in [0.15, 0.2) is 0 Å². The standard InChI is InChI=1S/C12H23NO2/c1-4-10-5-7-13(8-6-10)11(9(2)3)12(14)15/h9-11H,4-8H2,1-3H3,(H,14,15). The number of carboxylic acid groups (broad SMARTS) is 1. The second-order valence-corrected chi connectivity index (χ2v) is 4.91. The molecule has 0 aromatic rings. The Balaban J connectivity index is 2.53. The Hall–Kier alpha value is -0.570. The van der Waals surface area contributed by atoms with E-state index in [1.165, 1.54) is 6.42 Å². The van der Waals surface area contributed by atoms with Crippen LogP contribution >= 0.6 is 0 Å². The summed E-state index contributed by atoms with van der Waals surface area (Å²) in [6.07, 6.45) is 3.55. The smallest absolute Gasteiger partial charge is 0.321 e. The molecule has 1 aliphatic heterocycles. The van der Waals surface area contributed by atoms with Crippen molar-refractivity contribution in [3.63, 3.8) is 0 Å². The lowest BCUT2D eigenvalue weighted by atomic mass is 9.91. The van der Waals surface area contributed by atoms with Gasteiger partial charge in [-0.3, -0.25) is 9.69 Å². The third kappa shape index (κ3) is 3.20. The van der Waals surface area contributed by atoms with Crippen LogP contribution in [0.5, 0.6) is 0 Å². The molecule has 1 atom stereocenters. The summed E-state index contributed by atoms with van der Waals surface area (Å²) < 4.78 is 0. The fraction of sp³-hybridized carbons (Fsp3) is 0.917. The molecule has 15 heavy (non-hydrogen) atoms. The van der Waals surface area contributed by atoms with Crippen LogP contribution in [0.3, 0.4) is 0 Å². The van der Waals surface area contributed by atoms with Crippen molar-refractivity contribution in [1.82, 2.24) is 4.90 Å². The molecule has 1 saturated heterocycles. The number of carbonyl (C=O) groups is 1. The molecule has 0 aliphatic carbocycles. The molecule has 0 amide bonds. The minimum atomic E-state index is -0.667. The van der Waals surface area contributed by atoms with Crippen LogP contribution in [0.25, 0.3) is 0 Å². The Morgan fingerprint density at radius 3 is 2.27 bits per heavy atom. The van der Waals surface area contributed by atoms with Gasteiger partial charge < -0.3 is 5.11 Å². The van der Waals surface area contributed by atoms with Crippen molar-refractivity contribution in [2.24, 2.45) is 11.8 Å². The van der Waals surface area contributed by atoms with Gasteiger partial charge in [0.05, 0.1) is 0 Å². The predicted octanol–water partition coefficient (Wildman–Crippen LogP) is 2.22. The zero-order valence-electron chi connectivity index (χ0n) is 10.1. The predicted molar refractivity (Wildman–Crippen MR) is 60.8 cm³/mol. The average molecular weight is 213 g/mol. The summed E-state index contributed by atoms with van der Waals surface area (Å²) in [7, 11) is 0. The largest absolute Gasteiger partial charge is 0.480 e. The van der Waals surface area contributed by atoms with Gasteiger partial charge in [-0.05, 0) is 37.8 Å². The van der Waals surface area contributed by atoms with E-state index in [0.717, 1.165) is 31.8 Å². The molecular formula is C12H23NO2. The van der Waals surface area contributed by atoms with Crippen LogP contribution in [0.15, 0.2) is 0 Å². The van der Waals surface area contributed by atoms with E-state index in [2.05, 4.69) is 11.8 Å². The summed E-state index contributed by atoms with van der Waals surface area (Å²) in [5, 5.41) is 9.18. The number of nitrogens with zero attached hydrogens (tertiary/aromatic N) is 1. The van der Waals surface area contributed by atoms with E-state index in [1.54, 1.807) is 0 Å². The molecule has 1 fully saturated rings. The molecule has 1 unspecified atom stereocenters. The number of aliphatic carboxylic acids is 1. The molecule has 0 saturated carbocycles. The second kappa shape index (κ2) is 5.50. The molecule has 1 aliphatic rings. The normalized spacial score (nSPS) is 21.9. The maximum absolute atomic E-state index is 11.1. The molecular weight excluding hydrogens is 190 g/mol. The van der Waals surface area contributed by atoms with Crippen molar-refractivity contribution >= 4 is 5.97 Å². The Bertz CT molecular complexity index is 208. The maximum Gasteiger partial charge on any atom is 0.321 e. The van der Waals surface area contributed by atoms with E-state index in [0.29, 0.717) is 0 Å². The molecule has 0 radical (unpaired) electrons. The van der Waals surface area contributed by atoms with Gasteiger partial charge in [-0.2, -0.15) is 0 Å². The van der Waals surface area contributed by atoms with Gasteiger partial charge in [0.1, 0.15) is 6.04 Å². The Kier molecular flexibility index (Phi) is 4.58. The highest BCUT2D eigenvalue weighted by molar-refractivity contribution is 5.73. The van der Waals surface area contributed by atoms with Gasteiger partial charge in [0.25, 0.3) is 0 Å². The zero-order chi connectivity index (χ0) is 11.4. The maximum atomic E-state index is 11.1. The van der Waals surface area contributed by atoms with Gasteiger partial charge in [-0.15, -0.1) is 0 Å². The Morgan fingerprint density at radius 2 is 1.93 bits per heavy atom. The van der Waals surface area contributed by atoms with Crippen molar-refractivity contribution in [3.05, 3.63) is 0 Å². The molecule has 3 heteroatoms. The van der Waals surface area contributed by atoms with Gasteiger partial charge in [0.2, 0.25) is 0 Å². The first kappa shape index (κ1) is 12.5. The molecule has 1 N–H and O–H groups in total. The molecule has 0 spiro atoms. The van der Waals surface area contributed by atoms with Gasteiger partial charge in [0, 0.05) is 0 Å². The minimum absolute atomic E-state index is 0.195. The minimum Gasteiger partial charge on any atom is -0.480 e. The fourth-order valence-electron chi connectivity index (χ4n) is 2.50. The average Bonchev–Trinajstić information content (AvgIpc) is 2.18. The first-order valence-electron chi connectivity index (χ1n) is 6.03. The highest BCUT2D eigenvalue weighted by Crippen LogP contribution is 2.23. The van der Waals surface area contributed by atoms with Crippen LogP contribution < -0.4 is 0 Å². The van der Waals surface area contributed by atoms with Crippen LogP contribution in [0, 0.1) is 11.8 Å². The van der Waals surface area contributed by atoms with E-state index in [9.17, 15) is 9.90 Å². The first-order valence-corrected chi connectivity index (χ1v) is 6.03. The number of hydrogen-bond acceptors (Lipinski definition) is 2. The SMILES string of the molecule is CCC1CCN(C(C(=O)O)C(C)C)CC1. The molecule has 88 valence electrons. The fourth-order valence-corrected chi connectivity index (χ4v) is 2.50. The van der Waals surface area contributed by atoms with Crippen molar-refractivity contribution in [2.45, 2.75) is 46.1 Å². The van der Waals surface area contributed by atoms with Crippen molar-refractivity contribution in [3.8, 4) is 0 Å².